The normalized spacial score (nSPS) is 14.5. The quantitative estimate of drug-likeness (QED) is 0.277. The average molecular weight is 190 g/mol. The van der Waals surface area contributed by atoms with Gasteiger partial charge in [-0.1, -0.05) is 0 Å². The maximum absolute atomic E-state index is 10.4. The molecule has 0 saturated carbocycles. The number of carbonyl (C=O) groups is 1. The van der Waals surface area contributed by atoms with Crippen molar-refractivity contribution >= 4 is 17.0 Å². The maximum Gasteiger partial charge on any atom is 1.00 e. The summed E-state index contributed by atoms with van der Waals surface area (Å²) in [5, 5.41) is 0. The fraction of sp³-hybridized carbons (Fsp3) is 0.750. The molecule has 0 radical (unpaired) electrons. The molecule has 11 heavy (non-hydrogen) atoms. The van der Waals surface area contributed by atoms with Gasteiger partial charge in [-0.3, -0.25) is 9.00 Å². The second kappa shape index (κ2) is 7.20. The van der Waals surface area contributed by atoms with Crippen molar-refractivity contribution < 1.29 is 49.3 Å². The third-order valence-corrected chi connectivity index (χ3v) is 0.979. The molecule has 7 heteroatoms. The monoisotopic (exact) mass is 190 g/mol. The Balaban J connectivity index is -0.000000405. The molecule has 5 nitrogen and oxygen atoms in total. The van der Waals surface area contributed by atoms with Crippen molar-refractivity contribution in [1.29, 1.82) is 0 Å². The van der Waals surface area contributed by atoms with E-state index < -0.39 is 29.0 Å². The summed E-state index contributed by atoms with van der Waals surface area (Å²) in [5.74, 6) is -1.34. The van der Waals surface area contributed by atoms with Crippen LogP contribution in [0.1, 0.15) is 8.35 Å². The molecule has 0 aliphatic rings. The summed E-state index contributed by atoms with van der Waals surface area (Å²) in [4.78, 5) is 10.4. The van der Waals surface area contributed by atoms with Gasteiger partial charge in [0.15, 0.2) is 5.94 Å². The van der Waals surface area contributed by atoms with Gasteiger partial charge in [-0.2, -0.15) is 0 Å². The molecule has 0 saturated heterocycles. The first-order valence-electron chi connectivity index (χ1n) is 2.52. The Morgan fingerprint density at radius 1 is 1.91 bits per heavy atom. The number of esters is 1. The molecule has 0 amide bonds. The Morgan fingerprint density at radius 2 is 2.36 bits per heavy atom. The smallest absolute Gasteiger partial charge is 1.00 e. The van der Waals surface area contributed by atoms with E-state index in [0.29, 0.717) is 0 Å². The van der Waals surface area contributed by atoms with E-state index in [1.807, 2.05) is 0 Å². The molecule has 0 spiro atoms. The Morgan fingerprint density at radius 3 is 2.64 bits per heavy atom. The number of nitrogens with two attached hydrogens (primary N) is 1. The van der Waals surface area contributed by atoms with Crippen molar-refractivity contribution in [3.05, 3.63) is 0 Å². The van der Waals surface area contributed by atoms with Gasteiger partial charge in [-0.25, -0.2) is 0 Å². The molecule has 2 atom stereocenters. The third kappa shape index (κ3) is 8.45. The first-order valence-corrected chi connectivity index (χ1v) is 3.76. The molecule has 1 unspecified atom stereocenters. The molecule has 0 rings (SSSR count). The second-order valence-electron chi connectivity index (χ2n) is 1.67. The zero-order valence-corrected chi connectivity index (χ0v) is 9.22. The minimum atomic E-state index is -2.35. The van der Waals surface area contributed by atoms with Crippen molar-refractivity contribution in [3.63, 3.8) is 0 Å². The molecular formula is C4H9NNaO4S-. The van der Waals surface area contributed by atoms with Gasteiger partial charge in [0.2, 0.25) is 0 Å². The van der Waals surface area contributed by atoms with Crippen LogP contribution in [0.25, 0.3) is 0 Å². The number of hydrogen-bond donors (Lipinski definition) is 1. The minimum Gasteiger partial charge on any atom is -1.00 e. The van der Waals surface area contributed by atoms with Crippen molar-refractivity contribution in [3.8, 4) is 0 Å². The molecule has 2 N–H and O–H groups in total. The molecule has 0 fully saturated rings. The summed E-state index contributed by atoms with van der Waals surface area (Å²) in [6.45, 7) is 1.41. The maximum atomic E-state index is 10.4. The van der Waals surface area contributed by atoms with Gasteiger partial charge in [-0.05, 0) is 18.0 Å². The molecule has 0 heterocycles. The summed E-state index contributed by atoms with van der Waals surface area (Å²) < 4.78 is 23.8. The summed E-state index contributed by atoms with van der Waals surface area (Å²) in [6.07, 6.45) is 0. The van der Waals surface area contributed by atoms with Gasteiger partial charge < -0.3 is 16.4 Å². The number of hydrogen-bond acceptors (Lipinski definition) is 5. The molecular weight excluding hydrogens is 181 g/mol. The zero-order valence-electron chi connectivity index (χ0n) is 7.40. The fourth-order valence-corrected chi connectivity index (χ4v) is 0.450. The van der Waals surface area contributed by atoms with E-state index in [4.69, 9.17) is 5.73 Å². The van der Waals surface area contributed by atoms with E-state index in [1.165, 1.54) is 6.92 Å². The van der Waals surface area contributed by atoms with Gasteiger partial charge >= 0.3 is 35.5 Å². The molecule has 0 aromatic carbocycles. The van der Waals surface area contributed by atoms with Crippen LogP contribution in [0.5, 0.6) is 0 Å². The first-order chi connectivity index (χ1) is 4.54. The van der Waals surface area contributed by atoms with Crippen LogP contribution in [0.15, 0.2) is 0 Å². The van der Waals surface area contributed by atoms with E-state index >= 15 is 0 Å². The van der Waals surface area contributed by atoms with Crippen molar-refractivity contribution in [2.75, 3.05) is 5.94 Å². The van der Waals surface area contributed by atoms with Crippen molar-refractivity contribution in [1.82, 2.24) is 0 Å². The van der Waals surface area contributed by atoms with E-state index in [0.717, 1.165) is 0 Å². The molecule has 0 aliphatic heterocycles. The molecule has 0 bridgehead atoms. The van der Waals surface area contributed by atoms with Crippen molar-refractivity contribution in [2.45, 2.75) is 13.0 Å². The fourth-order valence-electron chi connectivity index (χ4n) is 0.238. The molecule has 0 aromatic rings. The Bertz CT molecular complexity index is 156. The largest absolute Gasteiger partial charge is 1.00 e. The predicted molar refractivity (Wildman–Crippen MR) is 34.6 cm³/mol. The van der Waals surface area contributed by atoms with Crippen LogP contribution in [-0.4, -0.2) is 26.7 Å². The standard InChI is InChI=1S/C4H9NO4S.Na.H/c1-3(5)4(6)9-2-10(7)8;;/h3H,2,5H2,1H3,(H,7,8);;/q;+1;-1/p-1/t3-;;/m0../s1. The number of ether oxygens (including phenoxy) is 1. The van der Waals surface area contributed by atoms with E-state index in [1.54, 1.807) is 0 Å². The van der Waals surface area contributed by atoms with Gasteiger partial charge in [0.1, 0.15) is 6.04 Å². The van der Waals surface area contributed by atoms with Crippen LogP contribution < -0.4 is 35.3 Å². The molecule has 0 aliphatic carbocycles. The van der Waals surface area contributed by atoms with Crippen LogP contribution in [-0.2, 0) is 20.6 Å². The van der Waals surface area contributed by atoms with Gasteiger partial charge in [0.05, 0.1) is 0 Å². The Labute approximate surface area is 90.7 Å². The van der Waals surface area contributed by atoms with Gasteiger partial charge in [0, 0.05) is 0 Å². The minimum absolute atomic E-state index is 0. The zero-order chi connectivity index (χ0) is 8.15. The average Bonchev–Trinajstić information content (AvgIpc) is 1.82. The van der Waals surface area contributed by atoms with Crippen molar-refractivity contribution in [2.24, 2.45) is 5.73 Å². The number of rotatable bonds is 3. The van der Waals surface area contributed by atoms with E-state index in [9.17, 15) is 13.6 Å². The summed E-state index contributed by atoms with van der Waals surface area (Å²) in [7, 11) is 0. The van der Waals surface area contributed by atoms with Crippen LogP contribution in [0, 0.1) is 0 Å². The summed E-state index contributed by atoms with van der Waals surface area (Å²) in [6, 6.07) is -0.774. The topological polar surface area (TPSA) is 92.5 Å². The third-order valence-electron chi connectivity index (χ3n) is 0.669. The first kappa shape index (κ1) is 14.1. The molecule has 62 valence electrons. The predicted octanol–water partition coefficient (Wildman–Crippen LogP) is -4.17. The van der Waals surface area contributed by atoms with Crippen LogP contribution >= 0.6 is 0 Å². The Kier molecular flexibility index (Phi) is 9.22. The summed E-state index contributed by atoms with van der Waals surface area (Å²) >= 11 is -2.35. The number of carbonyl (C=O) groups excluding carboxylic acids is 1. The van der Waals surface area contributed by atoms with Gasteiger partial charge in [0.25, 0.3) is 0 Å². The second-order valence-corrected chi connectivity index (χ2v) is 2.52. The summed E-state index contributed by atoms with van der Waals surface area (Å²) in [5.41, 5.74) is 5.05. The van der Waals surface area contributed by atoms with E-state index in [-0.39, 0.29) is 31.0 Å². The SMILES string of the molecule is C[C@H](N)C(=O)OCS(=O)[O-].[H-].[Na+]. The Hall–Kier alpha value is 0.540. The van der Waals surface area contributed by atoms with Crippen LogP contribution in [0.3, 0.4) is 0 Å². The van der Waals surface area contributed by atoms with Crippen LogP contribution in [0.2, 0.25) is 0 Å². The van der Waals surface area contributed by atoms with Crippen LogP contribution in [0.4, 0.5) is 0 Å². The van der Waals surface area contributed by atoms with E-state index in [2.05, 4.69) is 4.74 Å². The molecule has 0 aromatic heterocycles. The van der Waals surface area contributed by atoms with Gasteiger partial charge in [-0.15, -0.1) is 0 Å².